The van der Waals surface area contributed by atoms with Gasteiger partial charge in [0.1, 0.15) is 12.8 Å². The highest BCUT2D eigenvalue weighted by atomic mass is 15.8. The third kappa shape index (κ3) is 2.63. The van der Waals surface area contributed by atoms with Crippen molar-refractivity contribution >= 4 is 11.4 Å². The second-order valence-corrected chi connectivity index (χ2v) is 6.04. The minimum absolute atomic E-state index is 0.175. The lowest BCUT2D eigenvalue weighted by Gasteiger charge is -2.30. The van der Waals surface area contributed by atoms with Gasteiger partial charge in [-0.25, -0.2) is 0 Å². The highest BCUT2D eigenvalue weighted by Gasteiger charge is 2.36. The maximum absolute atomic E-state index is 2.43. The van der Waals surface area contributed by atoms with Crippen LogP contribution in [0, 0.1) is 0 Å². The quantitative estimate of drug-likeness (QED) is 0.704. The van der Waals surface area contributed by atoms with Crippen molar-refractivity contribution < 1.29 is 0 Å². The fourth-order valence-electron chi connectivity index (χ4n) is 3.38. The summed E-state index contributed by atoms with van der Waals surface area (Å²) >= 11 is 0. The molecule has 120 valence electrons. The highest BCUT2D eigenvalue weighted by Crippen LogP contribution is 2.37. The van der Waals surface area contributed by atoms with Crippen molar-refractivity contribution in [3.05, 3.63) is 96.6 Å². The molecule has 24 heavy (non-hydrogen) atoms. The van der Waals surface area contributed by atoms with Crippen LogP contribution in [0.2, 0.25) is 0 Å². The van der Waals surface area contributed by atoms with E-state index in [2.05, 4.69) is 113 Å². The number of para-hydroxylation sites is 2. The molecule has 1 atom stereocenters. The Labute approximate surface area is 143 Å². The molecule has 1 heterocycles. The number of hydrogen-bond donors (Lipinski definition) is 0. The van der Waals surface area contributed by atoms with E-state index in [1.807, 2.05) is 0 Å². The van der Waals surface area contributed by atoms with Crippen molar-refractivity contribution in [2.24, 2.45) is 0 Å². The molecule has 1 fully saturated rings. The molecule has 3 aromatic carbocycles. The van der Waals surface area contributed by atoms with Crippen molar-refractivity contribution in [2.75, 3.05) is 23.6 Å². The molecule has 3 nitrogen and oxygen atoms in total. The van der Waals surface area contributed by atoms with Crippen LogP contribution in [-0.2, 0) is 0 Å². The van der Waals surface area contributed by atoms with E-state index in [1.54, 1.807) is 0 Å². The van der Waals surface area contributed by atoms with Gasteiger partial charge in [-0.3, -0.25) is 5.01 Å². The van der Waals surface area contributed by atoms with E-state index in [1.165, 1.54) is 16.9 Å². The van der Waals surface area contributed by atoms with Crippen LogP contribution in [0.3, 0.4) is 0 Å². The van der Waals surface area contributed by atoms with Gasteiger partial charge in [0, 0.05) is 12.7 Å². The average molecular weight is 315 g/mol. The molecule has 0 aliphatic carbocycles. The lowest BCUT2D eigenvalue weighted by molar-refractivity contribution is 0.292. The molecule has 0 amide bonds. The van der Waals surface area contributed by atoms with Crippen molar-refractivity contribution in [2.45, 2.75) is 6.17 Å². The number of hydrazine groups is 1. The second kappa shape index (κ2) is 6.38. The third-order valence-corrected chi connectivity index (χ3v) is 4.56. The van der Waals surface area contributed by atoms with Gasteiger partial charge in [0.2, 0.25) is 0 Å². The Morgan fingerprint density at radius 1 is 0.667 bits per heavy atom. The van der Waals surface area contributed by atoms with Crippen LogP contribution in [0.5, 0.6) is 0 Å². The van der Waals surface area contributed by atoms with Crippen LogP contribution in [0.25, 0.3) is 0 Å². The zero-order valence-corrected chi connectivity index (χ0v) is 13.8. The molecule has 0 bridgehead atoms. The van der Waals surface area contributed by atoms with Gasteiger partial charge in [0.25, 0.3) is 0 Å². The first-order valence-electron chi connectivity index (χ1n) is 8.26. The molecular weight excluding hydrogens is 294 g/mol. The first-order valence-corrected chi connectivity index (χ1v) is 8.26. The molecular formula is C21H21N3. The molecule has 1 unspecified atom stereocenters. The van der Waals surface area contributed by atoms with Crippen molar-refractivity contribution in [3.63, 3.8) is 0 Å². The third-order valence-electron chi connectivity index (χ3n) is 4.56. The SMILES string of the molecule is CN1C(c2ccccc2)N(c2ccccc2)CN1c1ccccc1. The van der Waals surface area contributed by atoms with Crippen LogP contribution in [0.1, 0.15) is 11.7 Å². The summed E-state index contributed by atoms with van der Waals surface area (Å²) in [4.78, 5) is 2.43. The Morgan fingerprint density at radius 2 is 1.17 bits per heavy atom. The maximum Gasteiger partial charge on any atom is 0.127 e. The predicted molar refractivity (Wildman–Crippen MR) is 99.7 cm³/mol. The zero-order chi connectivity index (χ0) is 16.4. The Hall–Kier alpha value is -2.78. The maximum atomic E-state index is 2.43. The molecule has 1 aliphatic heterocycles. The van der Waals surface area contributed by atoms with Gasteiger partial charge in [-0.15, -0.1) is 0 Å². The summed E-state index contributed by atoms with van der Waals surface area (Å²) < 4.78 is 0. The smallest absolute Gasteiger partial charge is 0.127 e. The monoisotopic (exact) mass is 315 g/mol. The fourth-order valence-corrected chi connectivity index (χ4v) is 3.38. The molecule has 1 saturated heterocycles. The van der Waals surface area contributed by atoms with Gasteiger partial charge in [0.05, 0.1) is 5.69 Å². The molecule has 3 aromatic rings. The van der Waals surface area contributed by atoms with E-state index in [0.717, 1.165) is 6.67 Å². The largest absolute Gasteiger partial charge is 0.331 e. The highest BCUT2D eigenvalue weighted by molar-refractivity contribution is 5.55. The number of benzene rings is 3. The van der Waals surface area contributed by atoms with Crippen molar-refractivity contribution in [1.29, 1.82) is 0 Å². The van der Waals surface area contributed by atoms with Crippen LogP contribution in [0.4, 0.5) is 11.4 Å². The molecule has 0 radical (unpaired) electrons. The number of nitrogens with zero attached hydrogens (tertiary/aromatic N) is 3. The lowest BCUT2D eigenvalue weighted by Crippen LogP contribution is -2.34. The second-order valence-electron chi connectivity index (χ2n) is 6.04. The standard InChI is InChI=1S/C21H21N3/c1-22-21(18-11-5-2-6-12-18)23(19-13-7-3-8-14-19)17-24(22)20-15-9-4-10-16-20/h2-16,21H,17H2,1H3. The minimum Gasteiger partial charge on any atom is -0.331 e. The summed E-state index contributed by atoms with van der Waals surface area (Å²) in [7, 11) is 2.16. The zero-order valence-electron chi connectivity index (χ0n) is 13.8. The first-order chi connectivity index (χ1) is 11.8. The molecule has 3 heteroatoms. The number of rotatable bonds is 3. The summed E-state index contributed by atoms with van der Waals surface area (Å²) in [6.45, 7) is 0.823. The Balaban J connectivity index is 1.76. The molecule has 0 saturated carbocycles. The predicted octanol–water partition coefficient (Wildman–Crippen LogP) is 4.52. The average Bonchev–Trinajstić information content (AvgIpc) is 3.01. The topological polar surface area (TPSA) is 9.72 Å². The Morgan fingerprint density at radius 3 is 1.75 bits per heavy atom. The van der Waals surface area contributed by atoms with Crippen LogP contribution >= 0.6 is 0 Å². The van der Waals surface area contributed by atoms with Gasteiger partial charge in [-0.2, -0.15) is 5.01 Å². The van der Waals surface area contributed by atoms with E-state index >= 15 is 0 Å². The van der Waals surface area contributed by atoms with Gasteiger partial charge >= 0.3 is 0 Å². The Kier molecular flexibility index (Phi) is 3.93. The van der Waals surface area contributed by atoms with Crippen LogP contribution in [0.15, 0.2) is 91.0 Å². The van der Waals surface area contributed by atoms with E-state index in [0.29, 0.717) is 0 Å². The summed E-state index contributed by atoms with van der Waals surface area (Å²) in [6.07, 6.45) is 0.175. The molecule has 0 spiro atoms. The van der Waals surface area contributed by atoms with E-state index in [9.17, 15) is 0 Å². The van der Waals surface area contributed by atoms with Gasteiger partial charge in [-0.1, -0.05) is 66.7 Å². The summed E-state index contributed by atoms with van der Waals surface area (Å²) in [5, 5.41) is 4.64. The molecule has 0 aromatic heterocycles. The Bertz CT molecular complexity index is 774. The summed E-state index contributed by atoms with van der Waals surface area (Å²) in [6, 6.07) is 31.9. The molecule has 0 N–H and O–H groups in total. The van der Waals surface area contributed by atoms with E-state index < -0.39 is 0 Å². The molecule has 1 aliphatic rings. The van der Waals surface area contributed by atoms with Gasteiger partial charge in [0.15, 0.2) is 0 Å². The fraction of sp³-hybridized carbons (Fsp3) is 0.143. The molecule has 4 rings (SSSR count). The van der Waals surface area contributed by atoms with Crippen LogP contribution < -0.4 is 9.91 Å². The van der Waals surface area contributed by atoms with Gasteiger partial charge in [-0.05, 0) is 29.8 Å². The lowest BCUT2D eigenvalue weighted by atomic mass is 10.1. The van der Waals surface area contributed by atoms with Crippen LogP contribution in [-0.4, -0.2) is 18.7 Å². The minimum atomic E-state index is 0.175. The van der Waals surface area contributed by atoms with E-state index in [4.69, 9.17) is 0 Å². The normalized spacial score (nSPS) is 18.1. The van der Waals surface area contributed by atoms with Crippen molar-refractivity contribution in [1.82, 2.24) is 5.01 Å². The summed E-state index contributed by atoms with van der Waals surface area (Å²) in [5.74, 6) is 0. The first kappa shape index (κ1) is 14.8. The van der Waals surface area contributed by atoms with Gasteiger partial charge < -0.3 is 4.90 Å². The van der Waals surface area contributed by atoms with Crippen molar-refractivity contribution in [3.8, 4) is 0 Å². The number of hydrogen-bond acceptors (Lipinski definition) is 3. The van der Waals surface area contributed by atoms with E-state index in [-0.39, 0.29) is 6.17 Å². The number of anilines is 2. The summed E-state index contributed by atoms with van der Waals surface area (Å²) in [5.41, 5.74) is 3.73.